The average Bonchev–Trinajstić information content (AvgIpc) is 3.57. The van der Waals surface area contributed by atoms with Crippen LogP contribution in [-0.2, 0) is 4.79 Å². The number of anilines is 1. The van der Waals surface area contributed by atoms with Gasteiger partial charge in [-0.25, -0.2) is 0 Å². The fraction of sp³-hybridized carbons (Fsp3) is 0.120. The zero-order valence-electron chi connectivity index (χ0n) is 19.0. The van der Waals surface area contributed by atoms with Crippen molar-refractivity contribution in [1.82, 2.24) is 19.8 Å². The Morgan fingerprint density at radius 1 is 0.943 bits per heavy atom. The first-order valence-electron chi connectivity index (χ1n) is 10.7. The minimum atomic E-state index is -0.300. The van der Waals surface area contributed by atoms with Gasteiger partial charge in [-0.3, -0.25) is 4.79 Å². The number of rotatable bonds is 8. The lowest BCUT2D eigenvalue weighted by Crippen LogP contribution is -2.20. The fourth-order valence-corrected chi connectivity index (χ4v) is 4.16. The van der Waals surface area contributed by atoms with Crippen LogP contribution in [0.15, 0.2) is 72.1 Å². The van der Waals surface area contributed by atoms with Crippen molar-refractivity contribution >= 4 is 28.6 Å². The normalized spacial score (nSPS) is 10.8. The van der Waals surface area contributed by atoms with E-state index in [0.29, 0.717) is 34.4 Å². The summed E-state index contributed by atoms with van der Waals surface area (Å²) in [6, 6.07) is 20.3. The van der Waals surface area contributed by atoms with Crippen LogP contribution in [0.5, 0.6) is 17.2 Å². The molecule has 0 bridgehead atoms. The number of nitrogens with zero attached hydrogens (tertiary/aromatic N) is 4. The van der Waals surface area contributed by atoms with Crippen molar-refractivity contribution in [2.45, 2.75) is 0 Å². The van der Waals surface area contributed by atoms with E-state index in [2.05, 4.69) is 15.5 Å². The van der Waals surface area contributed by atoms with Crippen LogP contribution in [0, 0.1) is 0 Å². The van der Waals surface area contributed by atoms with E-state index in [1.54, 1.807) is 48.3 Å². The molecule has 0 aliphatic heterocycles. The molecule has 176 valence electrons. The molecule has 2 aromatic carbocycles. The van der Waals surface area contributed by atoms with Crippen molar-refractivity contribution in [3.05, 3.63) is 72.1 Å². The third-order valence-corrected chi connectivity index (χ3v) is 6.01. The van der Waals surface area contributed by atoms with Gasteiger partial charge in [0.25, 0.3) is 5.91 Å². The molecule has 0 aliphatic carbocycles. The Morgan fingerprint density at radius 3 is 2.49 bits per heavy atom. The molecule has 3 aromatic heterocycles. The maximum Gasteiger partial charge on any atom is 0.262 e. The summed E-state index contributed by atoms with van der Waals surface area (Å²) in [5.74, 6) is 2.01. The van der Waals surface area contributed by atoms with Crippen LogP contribution in [0.1, 0.15) is 0 Å². The van der Waals surface area contributed by atoms with E-state index in [-0.39, 0.29) is 12.5 Å². The number of aromatic nitrogens is 4. The van der Waals surface area contributed by atoms with Gasteiger partial charge in [0.05, 0.1) is 24.8 Å². The summed E-state index contributed by atoms with van der Waals surface area (Å²) in [4.78, 5) is 13.5. The lowest BCUT2D eigenvalue weighted by atomic mass is 10.1. The quantitative estimate of drug-likeness (QED) is 0.343. The van der Waals surface area contributed by atoms with Gasteiger partial charge >= 0.3 is 0 Å². The third-order valence-electron chi connectivity index (χ3n) is 5.14. The van der Waals surface area contributed by atoms with Crippen LogP contribution < -0.4 is 19.5 Å². The number of hydrogen-bond acceptors (Lipinski definition) is 8. The van der Waals surface area contributed by atoms with E-state index in [9.17, 15) is 4.79 Å². The Kier molecular flexibility index (Phi) is 6.27. The van der Waals surface area contributed by atoms with E-state index < -0.39 is 0 Å². The van der Waals surface area contributed by atoms with Gasteiger partial charge in [-0.15, -0.1) is 21.5 Å². The van der Waals surface area contributed by atoms with E-state index in [0.717, 1.165) is 16.1 Å². The van der Waals surface area contributed by atoms with Gasteiger partial charge in [0.1, 0.15) is 17.2 Å². The molecule has 5 rings (SSSR count). The second-order valence-electron chi connectivity index (χ2n) is 7.46. The highest BCUT2D eigenvalue weighted by Crippen LogP contribution is 2.28. The van der Waals surface area contributed by atoms with Crippen molar-refractivity contribution in [2.24, 2.45) is 0 Å². The van der Waals surface area contributed by atoms with Gasteiger partial charge in [-0.05, 0) is 35.7 Å². The first-order chi connectivity index (χ1) is 17.1. The number of carbonyl (C=O) groups excluding carboxylic acids is 1. The second kappa shape index (κ2) is 9.82. The summed E-state index contributed by atoms with van der Waals surface area (Å²) in [6.45, 7) is -0.171. The van der Waals surface area contributed by atoms with E-state index in [4.69, 9.17) is 19.3 Å². The zero-order chi connectivity index (χ0) is 24.2. The van der Waals surface area contributed by atoms with Gasteiger partial charge in [0, 0.05) is 29.4 Å². The Hall–Kier alpha value is -4.44. The molecule has 0 saturated carbocycles. The van der Waals surface area contributed by atoms with Crippen molar-refractivity contribution in [2.75, 3.05) is 26.1 Å². The summed E-state index contributed by atoms with van der Waals surface area (Å²) in [6.07, 6.45) is 0. The number of thiophene rings is 1. The van der Waals surface area contributed by atoms with E-state index >= 15 is 0 Å². The zero-order valence-corrected chi connectivity index (χ0v) is 19.8. The fourth-order valence-electron chi connectivity index (χ4n) is 3.47. The number of nitrogens with one attached hydrogen (secondary N) is 1. The number of amides is 1. The highest BCUT2D eigenvalue weighted by molar-refractivity contribution is 7.13. The number of ether oxygens (including phenoxy) is 3. The molecule has 0 unspecified atom stereocenters. The summed E-state index contributed by atoms with van der Waals surface area (Å²) in [7, 11) is 3.11. The molecule has 0 spiro atoms. The van der Waals surface area contributed by atoms with E-state index in [1.165, 1.54) is 0 Å². The summed E-state index contributed by atoms with van der Waals surface area (Å²) >= 11 is 1.58. The van der Waals surface area contributed by atoms with Gasteiger partial charge in [0.15, 0.2) is 18.1 Å². The third kappa shape index (κ3) is 4.92. The number of hydrogen-bond donors (Lipinski definition) is 1. The van der Waals surface area contributed by atoms with Crippen LogP contribution in [0.4, 0.5) is 5.69 Å². The van der Waals surface area contributed by atoms with Gasteiger partial charge in [-0.2, -0.15) is 9.61 Å². The maximum atomic E-state index is 12.5. The monoisotopic (exact) mass is 487 g/mol. The molecule has 0 atom stereocenters. The Morgan fingerprint density at radius 2 is 1.74 bits per heavy atom. The Labute approximate surface area is 204 Å². The van der Waals surface area contributed by atoms with Crippen LogP contribution in [0.3, 0.4) is 0 Å². The number of fused-ring (bicyclic) bond motifs is 1. The molecule has 1 N–H and O–H groups in total. The smallest absolute Gasteiger partial charge is 0.262 e. The molecule has 0 radical (unpaired) electrons. The summed E-state index contributed by atoms with van der Waals surface area (Å²) < 4.78 is 17.8. The highest BCUT2D eigenvalue weighted by Gasteiger charge is 2.12. The standard InChI is InChI=1S/C25H21N5O4S/c1-32-18-12-19(33-2)14-20(13-18)34-15-24(31)26-17-6-3-5-16(11-17)21-8-9-23-27-28-25(30(23)29-21)22-7-4-10-35-22/h3-14H,15H2,1-2H3,(H,26,31). The molecule has 35 heavy (non-hydrogen) atoms. The van der Waals surface area contributed by atoms with Crippen LogP contribution in [0.2, 0.25) is 0 Å². The molecule has 0 saturated heterocycles. The molecular formula is C25H21N5O4S. The van der Waals surface area contributed by atoms with Gasteiger partial charge < -0.3 is 19.5 Å². The molecule has 10 heteroatoms. The van der Waals surface area contributed by atoms with Crippen molar-refractivity contribution in [3.8, 4) is 39.2 Å². The Bertz CT molecular complexity index is 1460. The number of benzene rings is 2. The summed E-state index contributed by atoms with van der Waals surface area (Å²) in [5, 5.41) is 18.1. The average molecular weight is 488 g/mol. The van der Waals surface area contributed by atoms with Crippen LogP contribution in [0.25, 0.3) is 27.6 Å². The lowest BCUT2D eigenvalue weighted by Gasteiger charge is -2.11. The van der Waals surface area contributed by atoms with Crippen molar-refractivity contribution in [1.29, 1.82) is 0 Å². The van der Waals surface area contributed by atoms with Crippen LogP contribution >= 0.6 is 11.3 Å². The number of carbonyl (C=O) groups is 1. The second-order valence-corrected chi connectivity index (χ2v) is 8.40. The predicted octanol–water partition coefficient (Wildman–Crippen LogP) is 4.55. The molecule has 5 aromatic rings. The molecule has 0 aliphatic rings. The molecule has 3 heterocycles. The molecule has 0 fully saturated rings. The first-order valence-corrected chi connectivity index (χ1v) is 11.5. The van der Waals surface area contributed by atoms with Crippen LogP contribution in [-0.4, -0.2) is 46.5 Å². The predicted molar refractivity (Wildman–Crippen MR) is 133 cm³/mol. The molecule has 9 nitrogen and oxygen atoms in total. The minimum absolute atomic E-state index is 0.171. The lowest BCUT2D eigenvalue weighted by molar-refractivity contribution is -0.118. The number of methoxy groups -OCH3 is 2. The minimum Gasteiger partial charge on any atom is -0.496 e. The van der Waals surface area contributed by atoms with E-state index in [1.807, 2.05) is 53.9 Å². The Balaban J connectivity index is 1.31. The SMILES string of the molecule is COc1cc(OC)cc(OCC(=O)Nc2cccc(-c3ccc4nnc(-c5cccs5)n4n3)c2)c1. The molecular weight excluding hydrogens is 466 g/mol. The van der Waals surface area contributed by atoms with Gasteiger partial charge in [0.2, 0.25) is 0 Å². The van der Waals surface area contributed by atoms with Crippen molar-refractivity contribution < 1.29 is 19.0 Å². The van der Waals surface area contributed by atoms with Crippen molar-refractivity contribution in [3.63, 3.8) is 0 Å². The first kappa shape index (κ1) is 22.4. The molecule has 1 amide bonds. The maximum absolute atomic E-state index is 12.5. The summed E-state index contributed by atoms with van der Waals surface area (Å²) in [5.41, 5.74) is 2.86. The topological polar surface area (TPSA) is 99.9 Å². The highest BCUT2D eigenvalue weighted by atomic mass is 32.1. The largest absolute Gasteiger partial charge is 0.496 e. The van der Waals surface area contributed by atoms with Gasteiger partial charge in [-0.1, -0.05) is 18.2 Å².